The lowest BCUT2D eigenvalue weighted by atomic mass is 9.94. The predicted molar refractivity (Wildman–Crippen MR) is 85.4 cm³/mol. The first-order valence-electron chi connectivity index (χ1n) is 6.97. The van der Waals surface area contributed by atoms with Crippen LogP contribution in [0.4, 0.5) is 8.78 Å². The summed E-state index contributed by atoms with van der Waals surface area (Å²) in [6.45, 7) is 4.89. The van der Waals surface area contributed by atoms with Crippen LogP contribution in [0.2, 0.25) is 0 Å². The van der Waals surface area contributed by atoms with Gasteiger partial charge in [-0.3, -0.25) is 0 Å². The molecule has 0 heterocycles. The molecule has 0 aromatic heterocycles. The van der Waals surface area contributed by atoms with E-state index in [1.54, 1.807) is 6.07 Å². The van der Waals surface area contributed by atoms with Gasteiger partial charge in [0, 0.05) is 4.47 Å². The molecule has 0 saturated carbocycles. The molecule has 1 atom stereocenters. The van der Waals surface area contributed by atoms with E-state index in [0.717, 1.165) is 34.1 Å². The van der Waals surface area contributed by atoms with E-state index in [9.17, 15) is 8.78 Å². The van der Waals surface area contributed by atoms with E-state index < -0.39 is 11.6 Å². The molecule has 0 spiro atoms. The van der Waals surface area contributed by atoms with Crippen LogP contribution in [-0.2, 0) is 0 Å². The highest BCUT2D eigenvalue weighted by atomic mass is 79.9. The molecule has 2 rings (SSSR count). The number of hydrogen-bond acceptors (Lipinski definition) is 1. The molecular weight excluding hydrogens is 336 g/mol. The van der Waals surface area contributed by atoms with E-state index in [0.29, 0.717) is 0 Å². The van der Waals surface area contributed by atoms with Crippen LogP contribution >= 0.6 is 15.9 Å². The standard InChI is InChI=1S/C17H18BrF2N/c1-3-8-21-17(12-4-7-15(19)16(20)10-12)14-6-5-13(18)9-11(14)2/h4-7,9-10,17,21H,3,8H2,1-2H3. The fourth-order valence-electron chi connectivity index (χ4n) is 2.35. The molecule has 0 aliphatic rings. The SMILES string of the molecule is CCCNC(c1ccc(F)c(F)c1)c1ccc(Br)cc1C. The summed E-state index contributed by atoms with van der Waals surface area (Å²) in [4.78, 5) is 0. The van der Waals surface area contributed by atoms with Gasteiger partial charge in [0.05, 0.1) is 6.04 Å². The number of nitrogens with one attached hydrogen (secondary N) is 1. The molecule has 0 radical (unpaired) electrons. The lowest BCUT2D eigenvalue weighted by molar-refractivity contribution is 0.503. The highest BCUT2D eigenvalue weighted by Crippen LogP contribution is 2.28. The van der Waals surface area contributed by atoms with Crippen molar-refractivity contribution in [3.05, 3.63) is 69.2 Å². The van der Waals surface area contributed by atoms with E-state index in [1.807, 2.05) is 25.1 Å². The van der Waals surface area contributed by atoms with Crippen molar-refractivity contribution in [3.8, 4) is 0 Å². The van der Waals surface area contributed by atoms with Gasteiger partial charge in [-0.25, -0.2) is 8.78 Å². The summed E-state index contributed by atoms with van der Waals surface area (Å²) in [6.07, 6.45) is 0.968. The van der Waals surface area contributed by atoms with E-state index in [-0.39, 0.29) is 6.04 Å². The summed E-state index contributed by atoms with van der Waals surface area (Å²) in [5.74, 6) is -1.63. The summed E-state index contributed by atoms with van der Waals surface area (Å²) in [5, 5.41) is 3.40. The molecule has 0 saturated heterocycles. The molecule has 2 aromatic carbocycles. The van der Waals surface area contributed by atoms with Crippen molar-refractivity contribution in [2.24, 2.45) is 0 Å². The van der Waals surface area contributed by atoms with Crippen molar-refractivity contribution in [2.75, 3.05) is 6.54 Å². The van der Waals surface area contributed by atoms with Crippen molar-refractivity contribution < 1.29 is 8.78 Å². The molecule has 1 unspecified atom stereocenters. The second-order valence-electron chi connectivity index (χ2n) is 5.06. The van der Waals surface area contributed by atoms with E-state index in [2.05, 4.69) is 28.2 Å². The van der Waals surface area contributed by atoms with E-state index >= 15 is 0 Å². The normalized spacial score (nSPS) is 12.4. The van der Waals surface area contributed by atoms with Gasteiger partial charge < -0.3 is 5.32 Å². The van der Waals surface area contributed by atoms with Crippen LogP contribution in [0.5, 0.6) is 0 Å². The molecule has 2 aromatic rings. The van der Waals surface area contributed by atoms with Gasteiger partial charge in [0.15, 0.2) is 11.6 Å². The van der Waals surface area contributed by atoms with Gasteiger partial charge >= 0.3 is 0 Å². The molecule has 0 aliphatic heterocycles. The minimum atomic E-state index is -0.819. The fraction of sp³-hybridized carbons (Fsp3) is 0.294. The summed E-state index contributed by atoms with van der Waals surface area (Å²) < 4.78 is 27.7. The van der Waals surface area contributed by atoms with Crippen molar-refractivity contribution in [1.29, 1.82) is 0 Å². The topological polar surface area (TPSA) is 12.0 Å². The van der Waals surface area contributed by atoms with Gasteiger partial charge in [-0.15, -0.1) is 0 Å². The van der Waals surface area contributed by atoms with Gasteiger partial charge in [0.1, 0.15) is 0 Å². The highest BCUT2D eigenvalue weighted by Gasteiger charge is 2.17. The van der Waals surface area contributed by atoms with Crippen LogP contribution in [0.15, 0.2) is 40.9 Å². The second-order valence-corrected chi connectivity index (χ2v) is 5.98. The number of rotatable bonds is 5. The Kier molecular flexibility index (Phi) is 5.48. The van der Waals surface area contributed by atoms with Crippen LogP contribution in [0.25, 0.3) is 0 Å². The lowest BCUT2D eigenvalue weighted by Crippen LogP contribution is -2.24. The van der Waals surface area contributed by atoms with Crippen LogP contribution in [-0.4, -0.2) is 6.54 Å². The van der Waals surface area contributed by atoms with Crippen molar-refractivity contribution in [1.82, 2.24) is 5.32 Å². The highest BCUT2D eigenvalue weighted by molar-refractivity contribution is 9.10. The fourth-order valence-corrected chi connectivity index (χ4v) is 2.83. The van der Waals surface area contributed by atoms with Gasteiger partial charge in [0.2, 0.25) is 0 Å². The largest absolute Gasteiger partial charge is 0.306 e. The first-order valence-corrected chi connectivity index (χ1v) is 7.76. The Morgan fingerprint density at radius 2 is 1.86 bits per heavy atom. The van der Waals surface area contributed by atoms with Crippen LogP contribution in [0, 0.1) is 18.6 Å². The molecule has 21 heavy (non-hydrogen) atoms. The molecule has 0 aliphatic carbocycles. The monoisotopic (exact) mass is 353 g/mol. The zero-order chi connectivity index (χ0) is 15.4. The summed E-state index contributed by atoms with van der Waals surface area (Å²) in [5.41, 5.74) is 2.90. The smallest absolute Gasteiger partial charge is 0.159 e. The van der Waals surface area contributed by atoms with Gasteiger partial charge in [-0.2, -0.15) is 0 Å². The van der Waals surface area contributed by atoms with Crippen LogP contribution < -0.4 is 5.32 Å². The maximum absolute atomic E-state index is 13.5. The maximum Gasteiger partial charge on any atom is 0.159 e. The predicted octanol–water partition coefficient (Wildman–Crippen LogP) is 5.12. The Hall–Kier alpha value is -1.26. The molecule has 0 amide bonds. The number of halogens is 3. The van der Waals surface area contributed by atoms with E-state index in [1.165, 1.54) is 12.1 Å². The molecule has 1 nitrogen and oxygen atoms in total. The third-order valence-corrected chi connectivity index (χ3v) is 3.91. The second kappa shape index (κ2) is 7.14. The minimum Gasteiger partial charge on any atom is -0.306 e. The average Bonchev–Trinajstić information content (AvgIpc) is 2.44. The number of aryl methyl sites for hydroxylation is 1. The Labute approximate surface area is 132 Å². The molecule has 1 N–H and O–H groups in total. The quantitative estimate of drug-likeness (QED) is 0.785. The number of hydrogen-bond donors (Lipinski definition) is 1. The summed E-state index contributed by atoms with van der Waals surface area (Å²) in [6, 6.07) is 9.93. The third-order valence-electron chi connectivity index (χ3n) is 3.42. The Balaban J connectivity index is 2.44. The molecule has 0 bridgehead atoms. The number of benzene rings is 2. The van der Waals surface area contributed by atoms with Crippen molar-refractivity contribution >= 4 is 15.9 Å². The minimum absolute atomic E-state index is 0.145. The Bertz CT molecular complexity index is 628. The molecule has 112 valence electrons. The van der Waals surface area contributed by atoms with E-state index in [4.69, 9.17) is 0 Å². The van der Waals surface area contributed by atoms with Crippen molar-refractivity contribution in [2.45, 2.75) is 26.3 Å². The van der Waals surface area contributed by atoms with Crippen LogP contribution in [0.3, 0.4) is 0 Å². The average molecular weight is 354 g/mol. The molecule has 0 fully saturated rings. The Morgan fingerprint density at radius 3 is 2.48 bits per heavy atom. The lowest BCUT2D eigenvalue weighted by Gasteiger charge is -2.22. The Morgan fingerprint density at radius 1 is 1.10 bits per heavy atom. The van der Waals surface area contributed by atoms with Gasteiger partial charge in [0.25, 0.3) is 0 Å². The summed E-state index contributed by atoms with van der Waals surface area (Å²) >= 11 is 3.45. The maximum atomic E-state index is 13.5. The zero-order valence-corrected chi connectivity index (χ0v) is 13.7. The first kappa shape index (κ1) is 16.1. The van der Waals surface area contributed by atoms with Crippen LogP contribution in [0.1, 0.15) is 36.1 Å². The van der Waals surface area contributed by atoms with Gasteiger partial charge in [-0.1, -0.05) is 35.0 Å². The zero-order valence-electron chi connectivity index (χ0n) is 12.1. The third kappa shape index (κ3) is 3.89. The van der Waals surface area contributed by atoms with Gasteiger partial charge in [-0.05, 0) is 60.8 Å². The summed E-state index contributed by atoms with van der Waals surface area (Å²) in [7, 11) is 0. The molecule has 4 heteroatoms. The van der Waals surface area contributed by atoms with Crippen molar-refractivity contribution in [3.63, 3.8) is 0 Å². The first-order chi connectivity index (χ1) is 10.0. The molecular formula is C17H18BrF2N.